The van der Waals surface area contributed by atoms with Gasteiger partial charge in [0.1, 0.15) is 17.1 Å². The van der Waals surface area contributed by atoms with E-state index in [9.17, 15) is 36.6 Å². The molecule has 46 heavy (non-hydrogen) atoms. The Labute approximate surface area is 280 Å². The Morgan fingerprint density at radius 3 is 2.67 bits per heavy atom. The third kappa shape index (κ3) is 7.35. The van der Waals surface area contributed by atoms with E-state index >= 15 is 0 Å². The van der Waals surface area contributed by atoms with Crippen molar-refractivity contribution in [2.24, 2.45) is 0 Å². The van der Waals surface area contributed by atoms with Crippen molar-refractivity contribution in [1.29, 1.82) is 0 Å². The molecule has 1 aliphatic heterocycles. The van der Waals surface area contributed by atoms with Crippen LogP contribution in [-0.4, -0.2) is 39.7 Å². The van der Waals surface area contributed by atoms with Crippen LogP contribution in [0.4, 0.5) is 33.5 Å². The van der Waals surface area contributed by atoms with Crippen LogP contribution in [-0.2, 0) is 15.8 Å². The monoisotopic (exact) mass is 654 g/mol. The summed E-state index contributed by atoms with van der Waals surface area (Å²) in [6, 6.07) is 6.68. The Morgan fingerprint density at radius 2 is 1.96 bits per heavy atom. The first-order chi connectivity index (χ1) is 21.5. The first-order valence-electron chi connectivity index (χ1n) is 13.5. The van der Waals surface area contributed by atoms with E-state index in [1.54, 1.807) is 0 Å². The number of carboxylic acids is 1. The molecule has 0 fully saturated rings. The number of aromatic nitrogens is 3. The zero-order valence-electron chi connectivity index (χ0n) is 24.4. The predicted molar refractivity (Wildman–Crippen MR) is 147 cm³/mol. The Bertz CT molecular complexity index is 1760. The maximum atomic E-state index is 14.4. The van der Waals surface area contributed by atoms with Gasteiger partial charge in [0.05, 0.1) is 24.2 Å². The smallest absolute Gasteiger partial charge is 0.550 e. The van der Waals surface area contributed by atoms with Gasteiger partial charge in [0.2, 0.25) is 0 Å². The molecule has 0 saturated carbocycles. The summed E-state index contributed by atoms with van der Waals surface area (Å²) in [5.41, 5.74) is 1.27. The number of ether oxygens (including phenoxy) is 1. The number of hydrogen-bond acceptors (Lipinski definition) is 9. The number of fused-ring (bicyclic) bond motifs is 1. The average molecular weight is 655 g/mol. The molecule has 1 aliphatic rings. The van der Waals surface area contributed by atoms with Crippen LogP contribution in [0.25, 0.3) is 17.3 Å². The summed E-state index contributed by atoms with van der Waals surface area (Å²) >= 11 is 0. The van der Waals surface area contributed by atoms with E-state index in [4.69, 9.17) is 9.26 Å². The number of alkyl halides is 3. The molecule has 2 aromatic heterocycles. The van der Waals surface area contributed by atoms with Gasteiger partial charge in [-0.3, -0.25) is 15.2 Å². The SMILES string of the molecule is CCCOc1ccc(-c2cc(C(C(=O)NCCC(=O)[O-])n3cnc4c3C=CN(c3cccc(F)c3F)N4)on2)c(C(F)(F)F)c1.[Na+]. The van der Waals surface area contributed by atoms with Crippen molar-refractivity contribution >= 4 is 29.5 Å². The van der Waals surface area contributed by atoms with Gasteiger partial charge in [-0.25, -0.2) is 13.8 Å². The molecule has 0 saturated heterocycles. The molecule has 236 valence electrons. The van der Waals surface area contributed by atoms with Crippen LogP contribution < -0.4 is 55.2 Å². The van der Waals surface area contributed by atoms with Gasteiger partial charge in [-0.1, -0.05) is 18.1 Å². The van der Waals surface area contributed by atoms with Crippen molar-refractivity contribution < 1.29 is 75.5 Å². The van der Waals surface area contributed by atoms with Crippen molar-refractivity contribution in [2.75, 3.05) is 23.6 Å². The number of amides is 1. The summed E-state index contributed by atoms with van der Waals surface area (Å²) in [6.45, 7) is 1.70. The Hall–Kier alpha value is -4.41. The van der Waals surface area contributed by atoms with Crippen LogP contribution in [0.3, 0.4) is 0 Å². The molecular weight excluding hydrogens is 630 g/mol. The molecule has 3 heterocycles. The number of imidazole rings is 1. The zero-order valence-corrected chi connectivity index (χ0v) is 26.4. The van der Waals surface area contributed by atoms with Gasteiger partial charge in [0, 0.05) is 36.8 Å². The second kappa shape index (κ2) is 14.3. The van der Waals surface area contributed by atoms with E-state index in [1.807, 2.05) is 6.92 Å². The number of hydrogen-bond donors (Lipinski definition) is 2. The largest absolute Gasteiger partial charge is 1.00 e. The molecule has 4 aromatic rings. The van der Waals surface area contributed by atoms with Gasteiger partial charge in [0.25, 0.3) is 5.91 Å². The quantitative estimate of drug-likeness (QED) is 0.181. The van der Waals surface area contributed by atoms with Gasteiger partial charge < -0.3 is 29.0 Å². The number of benzene rings is 2. The molecule has 11 nitrogen and oxygen atoms in total. The van der Waals surface area contributed by atoms with Gasteiger partial charge in [-0.05, 0) is 42.8 Å². The summed E-state index contributed by atoms with van der Waals surface area (Å²) in [4.78, 5) is 28.5. The second-order valence-electron chi connectivity index (χ2n) is 9.74. The van der Waals surface area contributed by atoms with Gasteiger partial charge >= 0.3 is 35.7 Å². The number of nitrogens with zero attached hydrogens (tertiary/aromatic N) is 4. The standard InChI is InChI=1S/C29H25F5N6O5.Na/c1-2-12-44-16-6-7-17(18(13-16)29(32,33)34)20-14-23(45-38-20)26(28(43)35-10-8-24(41)42)39-15-36-27-22(39)9-11-40(37-27)21-5-3-4-19(30)25(21)31;/h3-7,9,11,13-15,26,37H,2,8,10,12H2,1H3,(H,35,43)(H,41,42);/q;+1/p-1. The van der Waals surface area contributed by atoms with Crippen LogP contribution in [0.15, 0.2) is 59.5 Å². The normalized spacial score (nSPS) is 13.0. The minimum Gasteiger partial charge on any atom is -0.550 e. The molecule has 0 bridgehead atoms. The third-order valence-corrected chi connectivity index (χ3v) is 6.63. The number of aliphatic carboxylic acids is 1. The Balaban J connectivity index is 0.00000480. The molecule has 17 heteroatoms. The fraction of sp³-hybridized carbons (Fsp3) is 0.241. The minimum absolute atomic E-state index is 0. The maximum absolute atomic E-state index is 14.4. The summed E-state index contributed by atoms with van der Waals surface area (Å²) in [7, 11) is 0. The molecule has 1 amide bonds. The van der Waals surface area contributed by atoms with E-state index < -0.39 is 47.7 Å². The van der Waals surface area contributed by atoms with E-state index in [0.717, 1.165) is 23.2 Å². The fourth-order valence-electron chi connectivity index (χ4n) is 4.56. The second-order valence-corrected chi connectivity index (χ2v) is 9.74. The van der Waals surface area contributed by atoms with E-state index in [1.165, 1.54) is 47.4 Å². The van der Waals surface area contributed by atoms with Gasteiger partial charge in [0.15, 0.2) is 29.3 Å². The van der Waals surface area contributed by atoms with E-state index in [2.05, 4.69) is 20.9 Å². The first-order valence-corrected chi connectivity index (χ1v) is 13.5. The van der Waals surface area contributed by atoms with Gasteiger partial charge in [-0.15, -0.1) is 0 Å². The average Bonchev–Trinajstić information content (AvgIpc) is 3.65. The molecular formula is C29H24F5N6NaO5. The Kier molecular flexibility index (Phi) is 10.7. The Morgan fingerprint density at radius 1 is 1.17 bits per heavy atom. The summed E-state index contributed by atoms with van der Waals surface area (Å²) < 4.78 is 82.4. The number of carbonyl (C=O) groups excluding carboxylic acids is 2. The number of nitrogens with one attached hydrogen (secondary N) is 2. The molecule has 0 radical (unpaired) electrons. The molecule has 0 spiro atoms. The van der Waals surface area contributed by atoms with Crippen LogP contribution in [0, 0.1) is 11.6 Å². The number of carbonyl (C=O) groups is 2. The van der Waals surface area contributed by atoms with Crippen LogP contribution in [0.5, 0.6) is 5.75 Å². The van der Waals surface area contributed by atoms with Gasteiger partial charge in [-0.2, -0.15) is 13.2 Å². The van der Waals surface area contributed by atoms with Crippen LogP contribution >= 0.6 is 0 Å². The first kappa shape index (κ1) is 34.5. The van der Waals surface area contributed by atoms with Crippen molar-refractivity contribution in [3.05, 3.63) is 83.6 Å². The van der Waals surface area contributed by atoms with Crippen LogP contribution in [0.2, 0.25) is 0 Å². The zero-order chi connectivity index (χ0) is 32.3. The number of anilines is 2. The van der Waals surface area contributed by atoms with Crippen molar-refractivity contribution in [3.8, 4) is 17.0 Å². The molecule has 0 aliphatic carbocycles. The predicted octanol–water partition coefficient (Wildman–Crippen LogP) is 1.29. The number of rotatable bonds is 11. The molecule has 5 rings (SSSR count). The molecule has 1 unspecified atom stereocenters. The summed E-state index contributed by atoms with van der Waals surface area (Å²) in [5, 5.41) is 18.3. The number of halogens is 5. The maximum Gasteiger partial charge on any atom is 1.00 e. The van der Waals surface area contributed by atoms with Crippen molar-refractivity contribution in [3.63, 3.8) is 0 Å². The van der Waals surface area contributed by atoms with E-state index in [0.29, 0.717) is 6.42 Å². The van der Waals surface area contributed by atoms with Crippen molar-refractivity contribution in [2.45, 2.75) is 32.0 Å². The van der Waals surface area contributed by atoms with Crippen molar-refractivity contribution in [1.82, 2.24) is 20.0 Å². The number of carboxylic acid groups (broad SMARTS) is 1. The van der Waals surface area contributed by atoms with Crippen LogP contribution in [0.1, 0.15) is 42.8 Å². The molecule has 1 atom stereocenters. The summed E-state index contributed by atoms with van der Waals surface area (Å²) in [6.07, 6.45) is -0.732. The third-order valence-electron chi connectivity index (χ3n) is 6.63. The fourth-order valence-corrected chi connectivity index (χ4v) is 4.56. The number of hydrazine groups is 1. The minimum atomic E-state index is -4.78. The molecule has 2 N–H and O–H groups in total. The van der Waals surface area contributed by atoms with E-state index in [-0.39, 0.29) is 82.7 Å². The summed E-state index contributed by atoms with van der Waals surface area (Å²) in [5.74, 6) is -4.51. The topological polar surface area (TPSA) is 138 Å². The molecule has 2 aromatic carbocycles.